The van der Waals surface area contributed by atoms with E-state index < -0.39 is 0 Å². The highest BCUT2D eigenvalue weighted by molar-refractivity contribution is 5.65. The van der Waals surface area contributed by atoms with E-state index in [0.717, 1.165) is 18.0 Å². The molecule has 2 aromatic rings. The van der Waals surface area contributed by atoms with Crippen molar-refractivity contribution in [2.75, 3.05) is 18.6 Å². The van der Waals surface area contributed by atoms with Crippen LogP contribution in [0.2, 0.25) is 0 Å². The highest BCUT2D eigenvalue weighted by atomic mass is 16.5. The highest BCUT2D eigenvalue weighted by Crippen LogP contribution is 2.27. The van der Waals surface area contributed by atoms with Crippen LogP contribution in [0.1, 0.15) is 6.92 Å². The topological polar surface area (TPSA) is 12.5 Å². The molecular formula is C17H19NO. The van der Waals surface area contributed by atoms with E-state index in [9.17, 15) is 0 Å². The second kappa shape index (κ2) is 6.64. The van der Waals surface area contributed by atoms with E-state index in [-0.39, 0.29) is 0 Å². The van der Waals surface area contributed by atoms with Crippen molar-refractivity contribution in [3.8, 4) is 5.75 Å². The van der Waals surface area contributed by atoms with Crippen LogP contribution in [0.4, 0.5) is 11.4 Å². The summed E-state index contributed by atoms with van der Waals surface area (Å²) in [6.07, 6.45) is 4.21. The SMILES string of the molecule is C/C=C\CN(c1ccccc1)c1cccc(OC)c1. The molecule has 0 unspecified atom stereocenters. The predicted molar refractivity (Wildman–Crippen MR) is 81.3 cm³/mol. The Morgan fingerprint density at radius 3 is 2.42 bits per heavy atom. The molecule has 0 heterocycles. The Morgan fingerprint density at radius 2 is 1.74 bits per heavy atom. The molecule has 0 aromatic heterocycles. The first kappa shape index (κ1) is 13.2. The van der Waals surface area contributed by atoms with Crippen LogP contribution in [-0.4, -0.2) is 13.7 Å². The summed E-state index contributed by atoms with van der Waals surface area (Å²) in [7, 11) is 1.69. The molecule has 0 atom stereocenters. The van der Waals surface area contributed by atoms with Crippen molar-refractivity contribution in [1.29, 1.82) is 0 Å². The molecule has 0 bridgehead atoms. The zero-order chi connectivity index (χ0) is 13.5. The van der Waals surface area contributed by atoms with E-state index in [2.05, 4.69) is 53.5 Å². The zero-order valence-electron chi connectivity index (χ0n) is 11.4. The van der Waals surface area contributed by atoms with Gasteiger partial charge in [0.1, 0.15) is 5.75 Å². The number of rotatable bonds is 5. The lowest BCUT2D eigenvalue weighted by molar-refractivity contribution is 0.415. The summed E-state index contributed by atoms with van der Waals surface area (Å²) in [6.45, 7) is 2.88. The van der Waals surface area contributed by atoms with Gasteiger partial charge in [-0.15, -0.1) is 0 Å². The van der Waals surface area contributed by atoms with Crippen molar-refractivity contribution in [3.05, 3.63) is 66.7 Å². The van der Waals surface area contributed by atoms with Gasteiger partial charge in [0.2, 0.25) is 0 Å². The quantitative estimate of drug-likeness (QED) is 0.732. The van der Waals surface area contributed by atoms with Crippen LogP contribution in [0.25, 0.3) is 0 Å². The number of hydrogen-bond donors (Lipinski definition) is 0. The second-order valence-corrected chi connectivity index (χ2v) is 4.22. The molecule has 0 fully saturated rings. The molecule has 19 heavy (non-hydrogen) atoms. The molecular weight excluding hydrogens is 234 g/mol. The van der Waals surface area contributed by atoms with Crippen LogP contribution >= 0.6 is 0 Å². The lowest BCUT2D eigenvalue weighted by Crippen LogP contribution is -2.16. The second-order valence-electron chi connectivity index (χ2n) is 4.22. The number of ether oxygens (including phenoxy) is 1. The number of methoxy groups -OCH3 is 1. The maximum Gasteiger partial charge on any atom is 0.120 e. The number of anilines is 2. The van der Waals surface area contributed by atoms with Crippen molar-refractivity contribution in [1.82, 2.24) is 0 Å². The molecule has 0 aliphatic rings. The fourth-order valence-electron chi connectivity index (χ4n) is 1.96. The Kier molecular flexibility index (Phi) is 4.62. The number of hydrogen-bond acceptors (Lipinski definition) is 2. The maximum atomic E-state index is 5.30. The average molecular weight is 253 g/mol. The molecule has 0 aliphatic carbocycles. The van der Waals surface area contributed by atoms with E-state index in [1.54, 1.807) is 7.11 Å². The van der Waals surface area contributed by atoms with Gasteiger partial charge in [-0.2, -0.15) is 0 Å². The van der Waals surface area contributed by atoms with E-state index in [1.807, 2.05) is 25.1 Å². The van der Waals surface area contributed by atoms with Gasteiger partial charge in [0.05, 0.1) is 7.11 Å². The summed E-state index contributed by atoms with van der Waals surface area (Å²) in [6, 6.07) is 18.5. The maximum absolute atomic E-state index is 5.30. The zero-order valence-corrected chi connectivity index (χ0v) is 11.4. The number of allylic oxidation sites excluding steroid dienone is 1. The lowest BCUT2D eigenvalue weighted by Gasteiger charge is -2.24. The monoisotopic (exact) mass is 253 g/mol. The van der Waals surface area contributed by atoms with Gasteiger partial charge < -0.3 is 9.64 Å². The molecule has 0 saturated carbocycles. The molecule has 2 heteroatoms. The van der Waals surface area contributed by atoms with Crippen molar-refractivity contribution in [2.24, 2.45) is 0 Å². The Morgan fingerprint density at radius 1 is 1.00 bits per heavy atom. The number of benzene rings is 2. The van der Waals surface area contributed by atoms with Gasteiger partial charge in [0.25, 0.3) is 0 Å². The first-order valence-corrected chi connectivity index (χ1v) is 6.43. The van der Waals surface area contributed by atoms with Crippen LogP contribution in [0.3, 0.4) is 0 Å². The molecule has 0 saturated heterocycles. The summed E-state index contributed by atoms with van der Waals surface area (Å²) in [5.41, 5.74) is 2.30. The minimum Gasteiger partial charge on any atom is -0.497 e. The van der Waals surface area contributed by atoms with Gasteiger partial charge in [-0.05, 0) is 31.2 Å². The van der Waals surface area contributed by atoms with Gasteiger partial charge in [-0.25, -0.2) is 0 Å². The smallest absolute Gasteiger partial charge is 0.120 e. The first-order chi connectivity index (χ1) is 9.35. The van der Waals surface area contributed by atoms with E-state index >= 15 is 0 Å². The molecule has 98 valence electrons. The van der Waals surface area contributed by atoms with E-state index in [1.165, 1.54) is 5.69 Å². The molecule has 2 nitrogen and oxygen atoms in total. The third-order valence-corrected chi connectivity index (χ3v) is 2.96. The molecule has 0 N–H and O–H groups in total. The molecule has 0 spiro atoms. The third-order valence-electron chi connectivity index (χ3n) is 2.96. The van der Waals surface area contributed by atoms with Crippen molar-refractivity contribution >= 4 is 11.4 Å². The average Bonchev–Trinajstić information content (AvgIpc) is 2.49. The van der Waals surface area contributed by atoms with E-state index in [0.29, 0.717) is 0 Å². The lowest BCUT2D eigenvalue weighted by atomic mass is 10.2. The summed E-state index contributed by atoms with van der Waals surface area (Å²) in [4.78, 5) is 2.25. The Balaban J connectivity index is 2.36. The summed E-state index contributed by atoms with van der Waals surface area (Å²) < 4.78 is 5.30. The Labute approximate surface area is 114 Å². The summed E-state index contributed by atoms with van der Waals surface area (Å²) in [5.74, 6) is 0.874. The Hall–Kier alpha value is -2.22. The molecule has 0 radical (unpaired) electrons. The largest absolute Gasteiger partial charge is 0.497 e. The minimum absolute atomic E-state index is 0.841. The predicted octanol–water partition coefficient (Wildman–Crippen LogP) is 4.41. The number of nitrogens with zero attached hydrogens (tertiary/aromatic N) is 1. The van der Waals surface area contributed by atoms with E-state index in [4.69, 9.17) is 4.74 Å². The van der Waals surface area contributed by atoms with Gasteiger partial charge in [-0.1, -0.05) is 36.4 Å². The van der Waals surface area contributed by atoms with Gasteiger partial charge in [0, 0.05) is 24.0 Å². The van der Waals surface area contributed by atoms with Crippen molar-refractivity contribution in [3.63, 3.8) is 0 Å². The number of para-hydroxylation sites is 1. The van der Waals surface area contributed by atoms with Crippen LogP contribution in [0, 0.1) is 0 Å². The molecule has 2 aromatic carbocycles. The normalized spacial score (nSPS) is 10.6. The van der Waals surface area contributed by atoms with Crippen molar-refractivity contribution < 1.29 is 4.74 Å². The van der Waals surface area contributed by atoms with Gasteiger partial charge in [-0.3, -0.25) is 0 Å². The molecule has 2 rings (SSSR count). The summed E-state index contributed by atoms with van der Waals surface area (Å²) >= 11 is 0. The molecule has 0 aliphatic heterocycles. The van der Waals surface area contributed by atoms with Crippen LogP contribution in [0.15, 0.2) is 66.7 Å². The first-order valence-electron chi connectivity index (χ1n) is 6.43. The fraction of sp³-hybridized carbons (Fsp3) is 0.176. The van der Waals surface area contributed by atoms with Crippen LogP contribution < -0.4 is 9.64 Å². The third kappa shape index (κ3) is 3.38. The minimum atomic E-state index is 0.841. The standard InChI is InChI=1S/C17H19NO/c1-3-4-13-18(15-9-6-5-7-10-15)16-11-8-12-17(14-16)19-2/h3-12,14H,13H2,1-2H3/b4-3-. The Bertz CT molecular complexity index is 534. The molecule has 0 amide bonds. The highest BCUT2D eigenvalue weighted by Gasteiger charge is 2.07. The van der Waals surface area contributed by atoms with Crippen LogP contribution in [-0.2, 0) is 0 Å². The fourth-order valence-corrected chi connectivity index (χ4v) is 1.96. The van der Waals surface area contributed by atoms with Crippen molar-refractivity contribution in [2.45, 2.75) is 6.92 Å². The summed E-state index contributed by atoms with van der Waals surface area (Å²) in [5, 5.41) is 0. The van der Waals surface area contributed by atoms with Crippen LogP contribution in [0.5, 0.6) is 5.75 Å². The van der Waals surface area contributed by atoms with Gasteiger partial charge >= 0.3 is 0 Å². The van der Waals surface area contributed by atoms with Gasteiger partial charge in [0.15, 0.2) is 0 Å².